The van der Waals surface area contributed by atoms with Crippen molar-refractivity contribution in [2.75, 3.05) is 13.2 Å². The Morgan fingerprint density at radius 2 is 2.00 bits per heavy atom. The lowest BCUT2D eigenvalue weighted by molar-refractivity contribution is 0.0732. The number of aliphatic hydroxyl groups excluding tert-OH is 1. The molecule has 0 atom stereocenters. The average Bonchev–Trinajstić information content (AvgIpc) is 2.58. The van der Waals surface area contributed by atoms with E-state index in [9.17, 15) is 4.79 Å². The highest BCUT2D eigenvalue weighted by atomic mass is 35.5. The monoisotopic (exact) mass is 328 g/mol. The Balaban J connectivity index is 2.22. The number of hydrogen-bond donors (Lipinski definition) is 1. The van der Waals surface area contributed by atoms with Crippen LogP contribution in [0.2, 0.25) is 5.02 Å². The molecule has 0 aromatic heterocycles. The van der Waals surface area contributed by atoms with Gasteiger partial charge in [-0.2, -0.15) is 5.26 Å². The van der Waals surface area contributed by atoms with Crippen LogP contribution in [0.15, 0.2) is 48.5 Å². The van der Waals surface area contributed by atoms with Crippen LogP contribution < -0.4 is 0 Å². The zero-order valence-corrected chi connectivity index (χ0v) is 13.3. The first kappa shape index (κ1) is 17.0. The van der Waals surface area contributed by atoms with Crippen molar-refractivity contribution in [3.8, 4) is 6.07 Å². The van der Waals surface area contributed by atoms with E-state index in [-0.39, 0.29) is 12.5 Å². The largest absolute Gasteiger partial charge is 0.396 e. The molecule has 2 aromatic carbocycles. The molecule has 1 N–H and O–H groups in total. The summed E-state index contributed by atoms with van der Waals surface area (Å²) in [5.41, 5.74) is 1.82. The molecule has 4 nitrogen and oxygen atoms in total. The van der Waals surface area contributed by atoms with Crippen LogP contribution in [0.1, 0.15) is 27.9 Å². The Bertz CT molecular complexity index is 725. The van der Waals surface area contributed by atoms with Gasteiger partial charge in [0.1, 0.15) is 0 Å². The first-order valence-corrected chi connectivity index (χ1v) is 7.66. The number of benzene rings is 2. The van der Waals surface area contributed by atoms with Gasteiger partial charge in [-0.15, -0.1) is 0 Å². The lowest BCUT2D eigenvalue weighted by Crippen LogP contribution is -2.32. The van der Waals surface area contributed by atoms with Gasteiger partial charge in [-0.25, -0.2) is 0 Å². The van der Waals surface area contributed by atoms with Gasteiger partial charge in [0.05, 0.1) is 11.6 Å². The van der Waals surface area contributed by atoms with Crippen LogP contribution >= 0.6 is 11.6 Å². The Hall–Kier alpha value is -2.35. The molecular formula is C18H17ClN2O2. The fourth-order valence-electron chi connectivity index (χ4n) is 2.27. The number of halogens is 1. The number of hydrogen-bond acceptors (Lipinski definition) is 3. The highest BCUT2D eigenvalue weighted by molar-refractivity contribution is 6.30. The van der Waals surface area contributed by atoms with E-state index < -0.39 is 0 Å². The maximum absolute atomic E-state index is 12.7. The van der Waals surface area contributed by atoms with Crippen LogP contribution in [0.25, 0.3) is 0 Å². The highest BCUT2D eigenvalue weighted by Crippen LogP contribution is 2.15. The van der Waals surface area contributed by atoms with Crippen molar-refractivity contribution in [2.24, 2.45) is 0 Å². The molecule has 0 aliphatic carbocycles. The summed E-state index contributed by atoms with van der Waals surface area (Å²) in [6.45, 7) is 0.840. The van der Waals surface area contributed by atoms with Crippen LogP contribution in [-0.2, 0) is 6.54 Å². The molecule has 0 saturated heterocycles. The van der Waals surface area contributed by atoms with Crippen LogP contribution in [-0.4, -0.2) is 29.1 Å². The second-order valence-corrected chi connectivity index (χ2v) is 5.56. The summed E-state index contributed by atoms with van der Waals surface area (Å²) in [5, 5.41) is 18.6. The van der Waals surface area contributed by atoms with Crippen molar-refractivity contribution >= 4 is 17.5 Å². The number of carbonyl (C=O) groups is 1. The summed E-state index contributed by atoms with van der Waals surface area (Å²) in [6.07, 6.45) is 0.490. The van der Waals surface area contributed by atoms with E-state index >= 15 is 0 Å². The van der Waals surface area contributed by atoms with Crippen molar-refractivity contribution in [1.82, 2.24) is 4.90 Å². The Morgan fingerprint density at radius 3 is 2.70 bits per heavy atom. The van der Waals surface area contributed by atoms with Crippen molar-refractivity contribution in [3.05, 3.63) is 70.2 Å². The molecule has 0 unspecified atom stereocenters. The van der Waals surface area contributed by atoms with E-state index in [2.05, 4.69) is 0 Å². The lowest BCUT2D eigenvalue weighted by atomic mass is 10.1. The molecule has 0 saturated carbocycles. The normalized spacial score (nSPS) is 10.1. The summed E-state index contributed by atoms with van der Waals surface area (Å²) in [6, 6.07) is 16.0. The van der Waals surface area contributed by atoms with E-state index in [4.69, 9.17) is 22.0 Å². The van der Waals surface area contributed by atoms with Gasteiger partial charge in [-0.3, -0.25) is 4.79 Å². The molecule has 1 amide bonds. The number of carbonyl (C=O) groups excluding carboxylic acids is 1. The molecule has 0 heterocycles. The first-order chi connectivity index (χ1) is 11.1. The quantitative estimate of drug-likeness (QED) is 0.885. The number of nitriles is 1. The van der Waals surface area contributed by atoms with Gasteiger partial charge >= 0.3 is 0 Å². The second kappa shape index (κ2) is 8.33. The average molecular weight is 329 g/mol. The summed E-state index contributed by atoms with van der Waals surface area (Å²) < 4.78 is 0. The fourth-order valence-corrected chi connectivity index (χ4v) is 2.49. The van der Waals surface area contributed by atoms with Gasteiger partial charge in [0.2, 0.25) is 0 Å². The summed E-state index contributed by atoms with van der Waals surface area (Å²) in [7, 11) is 0. The molecule has 0 fully saturated rings. The van der Waals surface area contributed by atoms with E-state index in [1.54, 1.807) is 35.2 Å². The third kappa shape index (κ3) is 4.82. The van der Waals surface area contributed by atoms with Gasteiger partial charge in [0.15, 0.2) is 0 Å². The highest BCUT2D eigenvalue weighted by Gasteiger charge is 2.16. The van der Waals surface area contributed by atoms with Gasteiger partial charge in [-0.05, 0) is 42.3 Å². The molecule has 0 radical (unpaired) electrons. The summed E-state index contributed by atoms with van der Waals surface area (Å²) in [5.74, 6) is -0.171. The van der Waals surface area contributed by atoms with Crippen LogP contribution in [0, 0.1) is 11.3 Å². The molecule has 0 aliphatic rings. The van der Waals surface area contributed by atoms with Gasteiger partial charge < -0.3 is 10.0 Å². The smallest absolute Gasteiger partial charge is 0.254 e. The molecule has 2 aromatic rings. The van der Waals surface area contributed by atoms with Crippen molar-refractivity contribution < 1.29 is 9.90 Å². The van der Waals surface area contributed by atoms with Crippen LogP contribution in [0.4, 0.5) is 0 Å². The van der Waals surface area contributed by atoms with Gasteiger partial charge in [-0.1, -0.05) is 29.8 Å². The Morgan fingerprint density at radius 1 is 1.22 bits per heavy atom. The zero-order valence-electron chi connectivity index (χ0n) is 12.6. The molecular weight excluding hydrogens is 312 g/mol. The predicted octanol–water partition coefficient (Wildman–Crippen LogP) is 3.24. The van der Waals surface area contributed by atoms with E-state index in [0.717, 1.165) is 5.56 Å². The Labute approximate surface area is 140 Å². The third-order valence-electron chi connectivity index (χ3n) is 3.37. The van der Waals surface area contributed by atoms with Crippen molar-refractivity contribution in [2.45, 2.75) is 13.0 Å². The van der Waals surface area contributed by atoms with Gasteiger partial charge in [0.25, 0.3) is 5.91 Å². The molecule has 23 heavy (non-hydrogen) atoms. The molecule has 0 aliphatic heterocycles. The predicted molar refractivity (Wildman–Crippen MR) is 89.1 cm³/mol. The van der Waals surface area contributed by atoms with E-state index in [1.807, 2.05) is 24.3 Å². The van der Waals surface area contributed by atoms with E-state index in [0.29, 0.717) is 35.7 Å². The minimum Gasteiger partial charge on any atom is -0.396 e. The summed E-state index contributed by atoms with van der Waals surface area (Å²) in [4.78, 5) is 14.4. The fraction of sp³-hybridized carbons (Fsp3) is 0.222. The van der Waals surface area contributed by atoms with Gasteiger partial charge in [0, 0.05) is 30.3 Å². The number of aliphatic hydroxyl groups is 1. The maximum atomic E-state index is 12.7. The van der Waals surface area contributed by atoms with Crippen molar-refractivity contribution in [3.63, 3.8) is 0 Å². The van der Waals surface area contributed by atoms with Crippen LogP contribution in [0.5, 0.6) is 0 Å². The molecule has 2 rings (SSSR count). The number of amides is 1. The topological polar surface area (TPSA) is 64.3 Å². The molecule has 5 heteroatoms. The minimum atomic E-state index is -0.171. The first-order valence-electron chi connectivity index (χ1n) is 7.29. The maximum Gasteiger partial charge on any atom is 0.254 e. The van der Waals surface area contributed by atoms with E-state index in [1.165, 1.54) is 0 Å². The molecule has 0 spiro atoms. The van der Waals surface area contributed by atoms with Crippen molar-refractivity contribution in [1.29, 1.82) is 5.26 Å². The van der Waals surface area contributed by atoms with Crippen LogP contribution in [0.3, 0.4) is 0 Å². The zero-order chi connectivity index (χ0) is 16.7. The molecule has 118 valence electrons. The number of rotatable bonds is 6. The lowest BCUT2D eigenvalue weighted by Gasteiger charge is -2.23. The summed E-state index contributed by atoms with van der Waals surface area (Å²) >= 11 is 5.99. The SMILES string of the molecule is N#Cc1cccc(C(=O)N(CCCO)Cc2cccc(Cl)c2)c1. The minimum absolute atomic E-state index is 0.0115. The third-order valence-corrected chi connectivity index (χ3v) is 3.61. The standard InChI is InChI=1S/C18H17ClN2O2/c19-17-7-2-5-15(11-17)13-21(8-3-9-22)18(23)16-6-1-4-14(10-16)12-20/h1-2,4-7,10-11,22H,3,8-9,13H2. The molecule has 0 bridgehead atoms. The second-order valence-electron chi connectivity index (χ2n) is 5.13. The number of nitrogens with zero attached hydrogens (tertiary/aromatic N) is 2. The Kier molecular flexibility index (Phi) is 6.16.